The van der Waals surface area contributed by atoms with Crippen LogP contribution in [0.25, 0.3) is 0 Å². The molecule has 1 heterocycles. The second-order valence-corrected chi connectivity index (χ2v) is 7.32. The van der Waals surface area contributed by atoms with Gasteiger partial charge in [-0.2, -0.15) is 5.26 Å². The Kier molecular flexibility index (Phi) is 7.27. The lowest BCUT2D eigenvalue weighted by Gasteiger charge is -2.22. The fraction of sp³-hybridized carbons (Fsp3) is 0.769. The van der Waals surface area contributed by atoms with Crippen LogP contribution in [0.1, 0.15) is 33.1 Å². The largest absolute Gasteiger partial charge is 0.353 e. The van der Waals surface area contributed by atoms with Crippen LogP contribution in [-0.2, 0) is 0 Å². The van der Waals surface area contributed by atoms with E-state index in [9.17, 15) is 0 Å². The molecule has 0 saturated heterocycles. The number of hydrogen-bond acceptors (Lipinski definition) is 7. The van der Waals surface area contributed by atoms with Crippen LogP contribution in [0.5, 0.6) is 0 Å². The lowest BCUT2D eigenvalue weighted by atomic mass is 9.97. The smallest absolute Gasteiger partial charge is 0.208 e. The number of nitrogens with one attached hydrogen (secondary N) is 1. The van der Waals surface area contributed by atoms with E-state index in [4.69, 9.17) is 5.26 Å². The fourth-order valence-electron chi connectivity index (χ4n) is 1.76. The standard InChI is InChI=1S/C13H23N5S2/c1-5-15-13(2,10-14)8-6-7-9-19-12-17-16-11(20-12)18(3)4/h15H,5-9H2,1-4H3. The molecule has 1 atom stereocenters. The summed E-state index contributed by atoms with van der Waals surface area (Å²) in [6.07, 6.45) is 3.02. The number of hydrogen-bond donors (Lipinski definition) is 1. The molecule has 0 aromatic carbocycles. The lowest BCUT2D eigenvalue weighted by molar-refractivity contribution is 0.415. The maximum atomic E-state index is 9.17. The molecule has 5 nitrogen and oxygen atoms in total. The molecule has 112 valence electrons. The van der Waals surface area contributed by atoms with E-state index in [2.05, 4.69) is 21.6 Å². The number of rotatable bonds is 9. The Bertz CT molecular complexity index is 440. The average molecular weight is 313 g/mol. The molecule has 1 unspecified atom stereocenters. The molecule has 1 rings (SSSR count). The first-order valence-electron chi connectivity index (χ1n) is 6.80. The third-order valence-electron chi connectivity index (χ3n) is 2.89. The van der Waals surface area contributed by atoms with Crippen LogP contribution in [0.4, 0.5) is 5.13 Å². The molecule has 0 bridgehead atoms. The van der Waals surface area contributed by atoms with Gasteiger partial charge in [-0.15, -0.1) is 10.2 Å². The van der Waals surface area contributed by atoms with Crippen LogP contribution in [0.15, 0.2) is 4.34 Å². The van der Waals surface area contributed by atoms with E-state index in [1.807, 2.05) is 32.8 Å². The summed E-state index contributed by atoms with van der Waals surface area (Å²) in [5.74, 6) is 1.02. The van der Waals surface area contributed by atoms with E-state index in [0.29, 0.717) is 0 Å². The SMILES string of the molecule is CCNC(C)(C#N)CCCCSc1nnc(N(C)C)s1. The topological polar surface area (TPSA) is 64.8 Å². The highest BCUT2D eigenvalue weighted by atomic mass is 32.2. The first kappa shape index (κ1) is 17.2. The van der Waals surface area contributed by atoms with Crippen LogP contribution in [0, 0.1) is 11.3 Å². The average Bonchev–Trinajstić information content (AvgIpc) is 2.88. The molecule has 0 aliphatic heterocycles. The molecule has 7 heteroatoms. The number of nitriles is 1. The number of unbranched alkanes of at least 4 members (excludes halogenated alkanes) is 1. The summed E-state index contributed by atoms with van der Waals surface area (Å²) in [6.45, 7) is 4.83. The van der Waals surface area contributed by atoms with E-state index in [1.165, 1.54) is 0 Å². The highest BCUT2D eigenvalue weighted by Crippen LogP contribution is 2.27. The van der Waals surface area contributed by atoms with Crippen molar-refractivity contribution >= 4 is 28.2 Å². The molecule has 1 N–H and O–H groups in total. The van der Waals surface area contributed by atoms with Crippen LogP contribution in [-0.4, -0.2) is 42.1 Å². The van der Waals surface area contributed by atoms with Crippen LogP contribution in [0.2, 0.25) is 0 Å². The monoisotopic (exact) mass is 313 g/mol. The molecular formula is C13H23N5S2. The zero-order valence-electron chi connectivity index (χ0n) is 12.6. The predicted molar refractivity (Wildman–Crippen MR) is 86.5 cm³/mol. The summed E-state index contributed by atoms with van der Waals surface area (Å²) >= 11 is 3.36. The molecule has 0 saturated carbocycles. The molecule has 0 spiro atoms. The van der Waals surface area contributed by atoms with Gasteiger partial charge in [0.15, 0.2) is 4.34 Å². The highest BCUT2D eigenvalue weighted by Gasteiger charge is 2.21. The van der Waals surface area contributed by atoms with Gasteiger partial charge in [0.05, 0.1) is 6.07 Å². The molecule has 0 fully saturated rings. The third kappa shape index (κ3) is 5.65. The maximum Gasteiger partial charge on any atom is 0.208 e. The third-order valence-corrected chi connectivity index (χ3v) is 5.20. The Balaban J connectivity index is 2.23. The number of nitrogens with zero attached hydrogens (tertiary/aromatic N) is 4. The first-order valence-corrected chi connectivity index (χ1v) is 8.61. The zero-order chi connectivity index (χ0) is 15.0. The van der Waals surface area contributed by atoms with Crippen LogP contribution in [0.3, 0.4) is 0 Å². The van der Waals surface area contributed by atoms with Gasteiger partial charge in [0.25, 0.3) is 0 Å². The van der Waals surface area contributed by atoms with Crippen molar-refractivity contribution in [3.05, 3.63) is 0 Å². The summed E-state index contributed by atoms with van der Waals surface area (Å²) in [4.78, 5) is 1.97. The Morgan fingerprint density at radius 2 is 2.15 bits per heavy atom. The van der Waals surface area contributed by atoms with Gasteiger partial charge in [0.1, 0.15) is 5.54 Å². The Labute approximate surface area is 129 Å². The van der Waals surface area contributed by atoms with Gasteiger partial charge in [-0.3, -0.25) is 5.32 Å². The lowest BCUT2D eigenvalue weighted by Crippen LogP contribution is -2.40. The Morgan fingerprint density at radius 1 is 1.40 bits per heavy atom. The molecule has 0 aliphatic carbocycles. The van der Waals surface area contributed by atoms with Crippen molar-refractivity contribution in [3.8, 4) is 6.07 Å². The van der Waals surface area contributed by atoms with E-state index in [-0.39, 0.29) is 5.54 Å². The summed E-state index contributed by atoms with van der Waals surface area (Å²) in [5.41, 5.74) is -0.389. The number of thioether (sulfide) groups is 1. The minimum absolute atomic E-state index is 0.389. The molecule has 1 aromatic rings. The van der Waals surface area contributed by atoms with Gasteiger partial charge in [-0.05, 0) is 32.7 Å². The summed E-state index contributed by atoms with van der Waals surface area (Å²) < 4.78 is 1.02. The zero-order valence-corrected chi connectivity index (χ0v) is 14.3. The van der Waals surface area contributed by atoms with Crippen molar-refractivity contribution in [2.45, 2.75) is 43.0 Å². The van der Waals surface area contributed by atoms with Crippen molar-refractivity contribution in [3.63, 3.8) is 0 Å². The summed E-state index contributed by atoms with van der Waals surface area (Å²) in [6, 6.07) is 2.36. The van der Waals surface area contributed by atoms with Crippen molar-refractivity contribution in [1.82, 2.24) is 15.5 Å². The Hall–Kier alpha value is -0.840. The molecule has 0 amide bonds. The number of anilines is 1. The fourth-order valence-corrected chi connectivity index (χ4v) is 3.59. The highest BCUT2D eigenvalue weighted by molar-refractivity contribution is 8.01. The minimum Gasteiger partial charge on any atom is -0.353 e. The normalized spacial score (nSPS) is 13.8. The Morgan fingerprint density at radius 3 is 2.70 bits per heavy atom. The van der Waals surface area contributed by atoms with E-state index >= 15 is 0 Å². The first-order chi connectivity index (χ1) is 9.50. The maximum absolute atomic E-state index is 9.17. The number of aromatic nitrogens is 2. The van der Waals surface area contributed by atoms with Crippen molar-refractivity contribution < 1.29 is 0 Å². The van der Waals surface area contributed by atoms with Gasteiger partial charge in [0, 0.05) is 19.8 Å². The quantitative estimate of drug-likeness (QED) is 0.558. The van der Waals surface area contributed by atoms with Gasteiger partial charge < -0.3 is 4.90 Å². The van der Waals surface area contributed by atoms with Gasteiger partial charge in [0.2, 0.25) is 5.13 Å². The molecular weight excluding hydrogens is 290 g/mol. The van der Waals surface area contributed by atoms with E-state index < -0.39 is 0 Å². The van der Waals surface area contributed by atoms with E-state index in [0.717, 1.165) is 41.0 Å². The second kappa shape index (κ2) is 8.45. The summed E-state index contributed by atoms with van der Waals surface area (Å²) in [7, 11) is 3.94. The van der Waals surface area contributed by atoms with Gasteiger partial charge >= 0.3 is 0 Å². The summed E-state index contributed by atoms with van der Waals surface area (Å²) in [5, 5.41) is 21.6. The van der Waals surface area contributed by atoms with Crippen molar-refractivity contribution in [2.75, 3.05) is 31.3 Å². The van der Waals surface area contributed by atoms with Crippen molar-refractivity contribution in [2.24, 2.45) is 0 Å². The molecule has 20 heavy (non-hydrogen) atoms. The molecule has 1 aromatic heterocycles. The van der Waals surface area contributed by atoms with Gasteiger partial charge in [-0.1, -0.05) is 30.0 Å². The minimum atomic E-state index is -0.389. The second-order valence-electron chi connectivity index (χ2n) is 5.02. The molecule has 0 radical (unpaired) electrons. The molecule has 0 aliphatic rings. The van der Waals surface area contributed by atoms with Gasteiger partial charge in [-0.25, -0.2) is 0 Å². The van der Waals surface area contributed by atoms with Crippen LogP contribution >= 0.6 is 23.1 Å². The predicted octanol–water partition coefficient (Wildman–Crippen LogP) is 2.76. The van der Waals surface area contributed by atoms with E-state index in [1.54, 1.807) is 23.1 Å². The van der Waals surface area contributed by atoms with Crippen LogP contribution < -0.4 is 10.2 Å². The van der Waals surface area contributed by atoms with Crippen molar-refractivity contribution in [1.29, 1.82) is 5.26 Å².